The van der Waals surface area contributed by atoms with Gasteiger partial charge in [0.2, 0.25) is 0 Å². The van der Waals surface area contributed by atoms with Crippen molar-refractivity contribution in [1.82, 2.24) is 34.7 Å². The molecule has 0 radical (unpaired) electrons. The van der Waals surface area contributed by atoms with Crippen LogP contribution >= 0.6 is 0 Å². The SMILES string of the molecule is CCOC(=O)c1ccn(-c2cccc(CNC(=O)c3ccc(C)cc3-n3cc(Cn4c(-c5ccccc5)cc5ccccc54)nn3)c2)n1. The molecule has 0 aliphatic rings. The van der Waals surface area contributed by atoms with Gasteiger partial charge < -0.3 is 14.6 Å². The molecule has 0 spiro atoms. The third-order valence-electron chi connectivity index (χ3n) is 8.09. The van der Waals surface area contributed by atoms with E-state index in [-0.39, 0.29) is 24.8 Å². The van der Waals surface area contributed by atoms with E-state index in [4.69, 9.17) is 4.74 Å². The maximum Gasteiger partial charge on any atom is 0.358 e. The highest BCUT2D eigenvalue weighted by Crippen LogP contribution is 2.29. The molecule has 48 heavy (non-hydrogen) atoms. The topological polar surface area (TPSA) is 109 Å². The lowest BCUT2D eigenvalue weighted by atomic mass is 10.1. The lowest BCUT2D eigenvalue weighted by Gasteiger charge is -2.12. The fourth-order valence-corrected chi connectivity index (χ4v) is 5.77. The van der Waals surface area contributed by atoms with Gasteiger partial charge >= 0.3 is 5.97 Å². The van der Waals surface area contributed by atoms with Gasteiger partial charge in [-0.05, 0) is 73.0 Å². The zero-order valence-corrected chi connectivity index (χ0v) is 26.6. The zero-order chi connectivity index (χ0) is 33.0. The number of benzene rings is 4. The van der Waals surface area contributed by atoms with E-state index in [1.165, 1.54) is 0 Å². The average Bonchev–Trinajstić information content (AvgIpc) is 3.88. The number of nitrogens with zero attached hydrogens (tertiary/aromatic N) is 6. The van der Waals surface area contributed by atoms with Crippen molar-refractivity contribution >= 4 is 22.8 Å². The molecule has 0 saturated heterocycles. The molecule has 238 valence electrons. The normalized spacial score (nSPS) is 11.1. The first-order valence-electron chi connectivity index (χ1n) is 15.7. The second-order valence-electron chi connectivity index (χ2n) is 11.4. The molecule has 3 aromatic heterocycles. The van der Waals surface area contributed by atoms with Gasteiger partial charge in [0.15, 0.2) is 5.69 Å². The molecule has 1 N–H and O–H groups in total. The maximum absolute atomic E-state index is 13.6. The highest BCUT2D eigenvalue weighted by molar-refractivity contribution is 5.97. The van der Waals surface area contributed by atoms with Crippen molar-refractivity contribution in [3.05, 3.63) is 150 Å². The van der Waals surface area contributed by atoms with E-state index in [1.54, 1.807) is 28.6 Å². The van der Waals surface area contributed by atoms with Crippen molar-refractivity contribution < 1.29 is 14.3 Å². The van der Waals surface area contributed by atoms with Gasteiger partial charge in [0.1, 0.15) is 5.69 Å². The standard InChI is InChI=1S/C38H33N7O3/c1-3-48-38(47)33-18-19-44(41-33)31-14-9-10-27(21-31)23-39-37(46)32-17-16-26(2)20-36(32)45-25-30(40-42-45)24-43-34-15-8-7-13-29(34)22-35(43)28-11-5-4-6-12-28/h4-22,25H,3,23-24H2,1-2H3,(H,39,46). The maximum atomic E-state index is 13.6. The van der Waals surface area contributed by atoms with Crippen LogP contribution in [-0.2, 0) is 17.8 Å². The summed E-state index contributed by atoms with van der Waals surface area (Å²) < 4.78 is 10.6. The van der Waals surface area contributed by atoms with Gasteiger partial charge in [-0.1, -0.05) is 71.9 Å². The van der Waals surface area contributed by atoms with Crippen LogP contribution in [0.2, 0.25) is 0 Å². The largest absolute Gasteiger partial charge is 0.461 e. The molecule has 0 unspecified atom stereocenters. The van der Waals surface area contributed by atoms with Crippen LogP contribution in [0.25, 0.3) is 33.5 Å². The van der Waals surface area contributed by atoms with E-state index in [9.17, 15) is 9.59 Å². The molecular formula is C38H33N7O3. The fraction of sp³-hybridized carbons (Fsp3) is 0.132. The first kappa shape index (κ1) is 30.4. The summed E-state index contributed by atoms with van der Waals surface area (Å²) in [5.74, 6) is -0.706. The minimum Gasteiger partial charge on any atom is -0.461 e. The Hall–Kier alpha value is -6.29. The third kappa shape index (κ3) is 6.23. The number of hydrogen-bond donors (Lipinski definition) is 1. The Labute approximate surface area is 277 Å². The molecule has 10 nitrogen and oxygen atoms in total. The van der Waals surface area contributed by atoms with Crippen LogP contribution in [0.3, 0.4) is 0 Å². The van der Waals surface area contributed by atoms with Crippen LogP contribution in [0.1, 0.15) is 44.6 Å². The molecule has 7 rings (SSSR count). The van der Waals surface area contributed by atoms with Crippen molar-refractivity contribution in [2.45, 2.75) is 26.9 Å². The quantitative estimate of drug-likeness (QED) is 0.171. The van der Waals surface area contributed by atoms with Gasteiger partial charge in [-0.2, -0.15) is 5.10 Å². The van der Waals surface area contributed by atoms with Gasteiger partial charge in [0, 0.05) is 29.3 Å². The Balaban J connectivity index is 1.11. The molecule has 3 heterocycles. The molecular weight excluding hydrogens is 602 g/mol. The summed E-state index contributed by atoms with van der Waals surface area (Å²) in [6.45, 7) is 4.82. The molecule has 4 aromatic carbocycles. The molecule has 0 aliphatic carbocycles. The number of amides is 1. The summed E-state index contributed by atoms with van der Waals surface area (Å²) in [7, 11) is 0. The first-order chi connectivity index (χ1) is 23.5. The Morgan fingerprint density at radius 3 is 2.54 bits per heavy atom. The van der Waals surface area contributed by atoms with Gasteiger partial charge in [0.05, 0.1) is 36.3 Å². The van der Waals surface area contributed by atoms with E-state index in [0.29, 0.717) is 17.8 Å². The zero-order valence-electron chi connectivity index (χ0n) is 26.6. The molecule has 1 amide bonds. The van der Waals surface area contributed by atoms with E-state index in [0.717, 1.165) is 44.7 Å². The van der Waals surface area contributed by atoms with Crippen LogP contribution in [0.4, 0.5) is 0 Å². The van der Waals surface area contributed by atoms with E-state index in [2.05, 4.69) is 55.6 Å². The second kappa shape index (κ2) is 13.2. The fourth-order valence-electron chi connectivity index (χ4n) is 5.77. The predicted molar refractivity (Wildman–Crippen MR) is 183 cm³/mol. The highest BCUT2D eigenvalue weighted by Gasteiger charge is 2.17. The van der Waals surface area contributed by atoms with Gasteiger partial charge in [-0.25, -0.2) is 14.2 Å². The lowest BCUT2D eigenvalue weighted by Crippen LogP contribution is -2.24. The number of nitrogens with one attached hydrogen (secondary N) is 1. The number of esters is 1. The third-order valence-corrected chi connectivity index (χ3v) is 8.09. The minimum atomic E-state index is -0.469. The van der Waals surface area contributed by atoms with Crippen LogP contribution in [0, 0.1) is 6.92 Å². The average molecular weight is 636 g/mol. The van der Waals surface area contributed by atoms with Crippen LogP contribution in [0.5, 0.6) is 0 Å². The van der Waals surface area contributed by atoms with Crippen molar-refractivity contribution in [2.75, 3.05) is 6.61 Å². The number of aryl methyl sites for hydroxylation is 1. The van der Waals surface area contributed by atoms with Crippen LogP contribution in [-0.4, -0.2) is 47.8 Å². The van der Waals surface area contributed by atoms with E-state index >= 15 is 0 Å². The number of carbonyl (C=O) groups excluding carboxylic acids is 2. The molecule has 7 aromatic rings. The predicted octanol–water partition coefficient (Wildman–Crippen LogP) is 6.54. The Morgan fingerprint density at radius 1 is 0.854 bits per heavy atom. The van der Waals surface area contributed by atoms with Crippen molar-refractivity contribution in [3.8, 4) is 22.6 Å². The van der Waals surface area contributed by atoms with Gasteiger partial charge in [0.25, 0.3) is 5.91 Å². The molecule has 0 atom stereocenters. The summed E-state index contributed by atoms with van der Waals surface area (Å²) in [5.41, 5.74) is 8.08. The van der Waals surface area contributed by atoms with Crippen molar-refractivity contribution in [3.63, 3.8) is 0 Å². The summed E-state index contributed by atoms with van der Waals surface area (Å²) in [6, 6.07) is 35.7. The Morgan fingerprint density at radius 2 is 1.69 bits per heavy atom. The first-order valence-corrected chi connectivity index (χ1v) is 15.7. The summed E-state index contributed by atoms with van der Waals surface area (Å²) in [6.07, 6.45) is 3.59. The molecule has 10 heteroatoms. The lowest BCUT2D eigenvalue weighted by molar-refractivity contribution is 0.0518. The Kier molecular flexibility index (Phi) is 8.36. The number of ether oxygens (including phenoxy) is 1. The number of para-hydroxylation sites is 1. The second-order valence-corrected chi connectivity index (χ2v) is 11.4. The summed E-state index contributed by atoms with van der Waals surface area (Å²) >= 11 is 0. The summed E-state index contributed by atoms with van der Waals surface area (Å²) in [5, 5.41) is 17.5. The van der Waals surface area contributed by atoms with E-state index < -0.39 is 5.97 Å². The molecule has 0 fully saturated rings. The monoisotopic (exact) mass is 635 g/mol. The van der Waals surface area contributed by atoms with Gasteiger partial charge in [-0.15, -0.1) is 5.10 Å². The molecule has 0 aliphatic heterocycles. The number of fused-ring (bicyclic) bond motifs is 1. The van der Waals surface area contributed by atoms with E-state index in [1.807, 2.05) is 85.9 Å². The summed E-state index contributed by atoms with van der Waals surface area (Å²) in [4.78, 5) is 25.6. The van der Waals surface area contributed by atoms with Crippen LogP contribution in [0.15, 0.2) is 122 Å². The number of aromatic nitrogens is 6. The molecule has 0 bridgehead atoms. The van der Waals surface area contributed by atoms with Gasteiger partial charge in [-0.3, -0.25) is 4.79 Å². The number of rotatable bonds is 10. The highest BCUT2D eigenvalue weighted by atomic mass is 16.5. The smallest absolute Gasteiger partial charge is 0.358 e. The van der Waals surface area contributed by atoms with Crippen LogP contribution < -0.4 is 5.32 Å². The van der Waals surface area contributed by atoms with Crippen molar-refractivity contribution in [2.24, 2.45) is 0 Å². The van der Waals surface area contributed by atoms with Crippen molar-refractivity contribution in [1.29, 1.82) is 0 Å². The number of carbonyl (C=O) groups is 2. The molecule has 0 saturated carbocycles. The number of hydrogen-bond acceptors (Lipinski definition) is 6. The minimum absolute atomic E-state index is 0.233. The Bertz CT molecular complexity index is 2250.